The number of piperidine rings is 1. The van der Waals surface area contributed by atoms with Crippen LogP contribution in [0.15, 0.2) is 0 Å². The number of rotatable bonds is 2. The number of hydrogen-bond donors (Lipinski definition) is 2. The third-order valence-corrected chi connectivity index (χ3v) is 4.04. The Morgan fingerprint density at radius 2 is 2.00 bits per heavy atom. The molecule has 2 aliphatic heterocycles. The van der Waals surface area contributed by atoms with Crippen molar-refractivity contribution in [3.8, 4) is 0 Å². The lowest BCUT2D eigenvalue weighted by Gasteiger charge is -2.40. The number of carbonyl (C=O) groups excluding carboxylic acids is 1. The average Bonchev–Trinajstić information content (AvgIpc) is 2.37. The Labute approximate surface area is 109 Å². The molecule has 0 aliphatic carbocycles. The first-order chi connectivity index (χ1) is 8.49. The van der Waals surface area contributed by atoms with Gasteiger partial charge in [-0.25, -0.2) is 0 Å². The van der Waals surface area contributed by atoms with Crippen LogP contribution in [-0.4, -0.2) is 71.7 Å². The van der Waals surface area contributed by atoms with Crippen LogP contribution < -0.4 is 5.32 Å². The zero-order valence-corrected chi connectivity index (χ0v) is 11.5. The highest BCUT2D eigenvalue weighted by atomic mass is 16.3. The third-order valence-electron chi connectivity index (χ3n) is 4.04. The molecule has 104 valence electrons. The fourth-order valence-electron chi connectivity index (χ4n) is 2.90. The molecule has 0 aromatic carbocycles. The number of nitrogens with zero attached hydrogens (tertiary/aromatic N) is 2. The molecule has 0 radical (unpaired) electrons. The van der Waals surface area contributed by atoms with E-state index < -0.39 is 5.60 Å². The molecule has 2 saturated heterocycles. The van der Waals surface area contributed by atoms with Crippen molar-refractivity contribution in [1.29, 1.82) is 0 Å². The minimum Gasteiger partial charge on any atom is -0.388 e. The zero-order chi connectivity index (χ0) is 13.2. The summed E-state index contributed by atoms with van der Waals surface area (Å²) in [5.41, 5.74) is -0.711. The van der Waals surface area contributed by atoms with Crippen molar-refractivity contribution >= 4 is 5.91 Å². The van der Waals surface area contributed by atoms with E-state index in [9.17, 15) is 9.90 Å². The smallest absolute Gasteiger partial charge is 0.239 e. The lowest BCUT2D eigenvalue weighted by Crippen LogP contribution is -2.57. The standard InChI is InChI=1S/C13H25N3O2/c1-11(15-8-5-14-6-9-15)12(17)16-7-3-4-13(2,18)10-16/h11,14,18H,3-10H2,1-2H3. The monoisotopic (exact) mass is 255 g/mol. The summed E-state index contributed by atoms with van der Waals surface area (Å²) in [5, 5.41) is 13.4. The molecule has 0 saturated carbocycles. The van der Waals surface area contributed by atoms with E-state index in [1.807, 2.05) is 18.7 Å². The largest absolute Gasteiger partial charge is 0.388 e. The van der Waals surface area contributed by atoms with Gasteiger partial charge in [0, 0.05) is 39.3 Å². The topological polar surface area (TPSA) is 55.8 Å². The Morgan fingerprint density at radius 1 is 1.33 bits per heavy atom. The SMILES string of the molecule is CC(C(=O)N1CCCC(C)(O)C1)N1CCNCC1. The van der Waals surface area contributed by atoms with Gasteiger partial charge in [0.25, 0.3) is 0 Å². The molecule has 18 heavy (non-hydrogen) atoms. The summed E-state index contributed by atoms with van der Waals surface area (Å²) in [6, 6.07) is -0.0685. The molecule has 2 unspecified atom stereocenters. The van der Waals surface area contributed by atoms with Crippen LogP contribution >= 0.6 is 0 Å². The van der Waals surface area contributed by atoms with E-state index in [4.69, 9.17) is 0 Å². The quantitative estimate of drug-likeness (QED) is 0.708. The molecule has 2 rings (SSSR count). The number of amides is 1. The Hall–Kier alpha value is -0.650. The molecule has 5 heteroatoms. The van der Waals surface area contributed by atoms with E-state index in [2.05, 4.69) is 10.2 Å². The Balaban J connectivity index is 1.93. The summed E-state index contributed by atoms with van der Waals surface area (Å²) >= 11 is 0. The number of piperazine rings is 1. The molecular weight excluding hydrogens is 230 g/mol. The van der Waals surface area contributed by atoms with Crippen molar-refractivity contribution in [3.63, 3.8) is 0 Å². The molecule has 5 nitrogen and oxygen atoms in total. The first-order valence-corrected chi connectivity index (χ1v) is 6.95. The van der Waals surface area contributed by atoms with Crippen molar-refractivity contribution in [2.24, 2.45) is 0 Å². The number of hydrogen-bond acceptors (Lipinski definition) is 4. The highest BCUT2D eigenvalue weighted by Crippen LogP contribution is 2.21. The second-order valence-corrected chi connectivity index (χ2v) is 5.82. The van der Waals surface area contributed by atoms with E-state index in [1.165, 1.54) is 0 Å². The normalized spacial score (nSPS) is 32.3. The number of aliphatic hydroxyl groups is 1. The van der Waals surface area contributed by atoms with Crippen LogP contribution in [0.2, 0.25) is 0 Å². The van der Waals surface area contributed by atoms with Crippen LogP contribution in [0.5, 0.6) is 0 Å². The number of likely N-dealkylation sites (tertiary alicyclic amines) is 1. The van der Waals surface area contributed by atoms with Gasteiger partial charge in [-0.2, -0.15) is 0 Å². The summed E-state index contributed by atoms with van der Waals surface area (Å²) in [6.07, 6.45) is 1.69. The molecule has 2 aliphatic rings. The van der Waals surface area contributed by atoms with Crippen LogP contribution in [0.3, 0.4) is 0 Å². The van der Waals surface area contributed by atoms with Gasteiger partial charge >= 0.3 is 0 Å². The highest BCUT2D eigenvalue weighted by Gasteiger charge is 2.34. The first-order valence-electron chi connectivity index (χ1n) is 6.95. The van der Waals surface area contributed by atoms with Crippen molar-refractivity contribution in [2.45, 2.75) is 38.3 Å². The maximum absolute atomic E-state index is 12.4. The van der Waals surface area contributed by atoms with Gasteiger partial charge in [-0.15, -0.1) is 0 Å². The van der Waals surface area contributed by atoms with Crippen LogP contribution in [0.4, 0.5) is 0 Å². The predicted molar refractivity (Wildman–Crippen MR) is 70.3 cm³/mol. The van der Waals surface area contributed by atoms with E-state index in [0.717, 1.165) is 45.6 Å². The maximum atomic E-state index is 12.4. The van der Waals surface area contributed by atoms with Gasteiger partial charge in [0.1, 0.15) is 0 Å². The molecule has 2 fully saturated rings. The van der Waals surface area contributed by atoms with Gasteiger partial charge in [0.05, 0.1) is 11.6 Å². The maximum Gasteiger partial charge on any atom is 0.239 e. The van der Waals surface area contributed by atoms with Gasteiger partial charge in [0.15, 0.2) is 0 Å². The fraction of sp³-hybridized carbons (Fsp3) is 0.923. The van der Waals surface area contributed by atoms with Gasteiger partial charge in [-0.3, -0.25) is 9.69 Å². The van der Waals surface area contributed by atoms with Crippen molar-refractivity contribution in [2.75, 3.05) is 39.3 Å². The number of carbonyl (C=O) groups is 1. The number of nitrogens with one attached hydrogen (secondary N) is 1. The summed E-state index contributed by atoms with van der Waals surface area (Å²) in [6.45, 7) is 8.82. The third kappa shape index (κ3) is 3.22. The first kappa shape index (κ1) is 13.8. The summed E-state index contributed by atoms with van der Waals surface area (Å²) in [7, 11) is 0. The summed E-state index contributed by atoms with van der Waals surface area (Å²) < 4.78 is 0. The predicted octanol–water partition coefficient (Wildman–Crippen LogP) is -0.346. The van der Waals surface area contributed by atoms with Crippen LogP contribution in [0.25, 0.3) is 0 Å². The van der Waals surface area contributed by atoms with Crippen LogP contribution in [0, 0.1) is 0 Å². The molecular formula is C13H25N3O2. The van der Waals surface area contributed by atoms with Crippen molar-refractivity contribution in [1.82, 2.24) is 15.1 Å². The fourth-order valence-corrected chi connectivity index (χ4v) is 2.90. The average molecular weight is 255 g/mol. The van der Waals surface area contributed by atoms with Gasteiger partial charge in [0.2, 0.25) is 5.91 Å². The van der Waals surface area contributed by atoms with E-state index in [1.54, 1.807) is 0 Å². The molecule has 0 aromatic rings. The second kappa shape index (κ2) is 5.55. The zero-order valence-electron chi connectivity index (χ0n) is 11.5. The summed E-state index contributed by atoms with van der Waals surface area (Å²) in [5.74, 6) is 0.164. The van der Waals surface area contributed by atoms with Gasteiger partial charge in [-0.1, -0.05) is 0 Å². The van der Waals surface area contributed by atoms with E-state index >= 15 is 0 Å². The number of β-amino-alcohol motifs (C(OH)–C–C–N with tert-alkyl or cyclic N) is 1. The molecule has 2 heterocycles. The Bertz CT molecular complexity index is 301. The van der Waals surface area contributed by atoms with E-state index in [-0.39, 0.29) is 11.9 Å². The van der Waals surface area contributed by atoms with Crippen LogP contribution in [-0.2, 0) is 4.79 Å². The minimum atomic E-state index is -0.711. The molecule has 2 N–H and O–H groups in total. The molecule has 0 bridgehead atoms. The minimum absolute atomic E-state index is 0.0685. The molecule has 0 aromatic heterocycles. The molecule has 2 atom stereocenters. The van der Waals surface area contributed by atoms with Crippen molar-refractivity contribution < 1.29 is 9.90 Å². The highest BCUT2D eigenvalue weighted by molar-refractivity contribution is 5.81. The molecule has 0 spiro atoms. The van der Waals surface area contributed by atoms with E-state index in [0.29, 0.717) is 6.54 Å². The van der Waals surface area contributed by atoms with Crippen molar-refractivity contribution in [3.05, 3.63) is 0 Å². The molecule has 1 amide bonds. The Morgan fingerprint density at radius 3 is 2.61 bits per heavy atom. The van der Waals surface area contributed by atoms with Gasteiger partial charge < -0.3 is 15.3 Å². The lowest BCUT2D eigenvalue weighted by atomic mass is 9.94. The summed E-state index contributed by atoms with van der Waals surface area (Å²) in [4.78, 5) is 16.5. The lowest BCUT2D eigenvalue weighted by molar-refractivity contribution is -0.142. The Kier molecular flexibility index (Phi) is 4.25. The van der Waals surface area contributed by atoms with Crippen LogP contribution in [0.1, 0.15) is 26.7 Å². The van der Waals surface area contributed by atoms with Gasteiger partial charge in [-0.05, 0) is 26.7 Å². The second-order valence-electron chi connectivity index (χ2n) is 5.82.